The Morgan fingerprint density at radius 3 is 2.57 bits per heavy atom. The number of anilines is 1. The molecule has 0 spiro atoms. The molecule has 3 aromatic rings. The molecular formula is C17H15N3O3. The van der Waals surface area contributed by atoms with Gasteiger partial charge in [0.25, 0.3) is 5.91 Å². The predicted molar refractivity (Wildman–Crippen MR) is 85.9 cm³/mol. The number of aryl methyl sites for hydroxylation is 1. The fourth-order valence-corrected chi connectivity index (χ4v) is 2.42. The number of aromatic carboxylic acids is 1. The average Bonchev–Trinajstić information content (AvgIpc) is 2.94. The van der Waals surface area contributed by atoms with Crippen LogP contribution in [0.5, 0.6) is 0 Å². The number of pyridine rings is 1. The molecule has 0 aliphatic rings. The van der Waals surface area contributed by atoms with Crippen molar-refractivity contribution in [3.8, 4) is 0 Å². The van der Waals surface area contributed by atoms with Gasteiger partial charge in [0.2, 0.25) is 0 Å². The number of hydrogen-bond acceptors (Lipinski definition) is 3. The largest absolute Gasteiger partial charge is 0.478 e. The summed E-state index contributed by atoms with van der Waals surface area (Å²) in [4.78, 5) is 27.9. The van der Waals surface area contributed by atoms with E-state index in [1.165, 1.54) is 12.1 Å². The van der Waals surface area contributed by atoms with Crippen LogP contribution in [0.15, 0.2) is 48.7 Å². The van der Waals surface area contributed by atoms with Crippen molar-refractivity contribution < 1.29 is 14.7 Å². The number of nitrogens with zero attached hydrogens (tertiary/aromatic N) is 2. The summed E-state index contributed by atoms with van der Waals surface area (Å²) >= 11 is 0. The lowest BCUT2D eigenvalue weighted by Crippen LogP contribution is -2.16. The molecule has 1 amide bonds. The van der Waals surface area contributed by atoms with Crippen LogP contribution in [0.25, 0.3) is 5.65 Å². The maximum Gasteiger partial charge on any atom is 0.335 e. The van der Waals surface area contributed by atoms with Crippen molar-refractivity contribution >= 4 is 23.2 Å². The van der Waals surface area contributed by atoms with Crippen LogP contribution in [0.4, 0.5) is 5.69 Å². The molecule has 6 nitrogen and oxygen atoms in total. The molecule has 2 aromatic heterocycles. The first kappa shape index (κ1) is 14.8. The Labute approximate surface area is 132 Å². The van der Waals surface area contributed by atoms with Gasteiger partial charge in [-0.3, -0.25) is 9.20 Å². The minimum absolute atomic E-state index is 0.173. The quantitative estimate of drug-likeness (QED) is 0.776. The van der Waals surface area contributed by atoms with Crippen molar-refractivity contribution in [1.29, 1.82) is 0 Å². The number of aromatic nitrogens is 2. The van der Waals surface area contributed by atoms with Crippen LogP contribution in [0, 0.1) is 0 Å². The third-order valence-corrected chi connectivity index (χ3v) is 3.54. The van der Waals surface area contributed by atoms with E-state index < -0.39 is 5.97 Å². The molecule has 0 bridgehead atoms. The van der Waals surface area contributed by atoms with E-state index in [0.717, 1.165) is 11.3 Å². The highest BCUT2D eigenvalue weighted by Gasteiger charge is 2.18. The first-order chi connectivity index (χ1) is 11.1. The van der Waals surface area contributed by atoms with Crippen molar-refractivity contribution in [2.24, 2.45) is 0 Å². The highest BCUT2D eigenvalue weighted by atomic mass is 16.4. The number of nitrogens with one attached hydrogen (secondary N) is 1. The van der Waals surface area contributed by atoms with Crippen LogP contribution in [-0.2, 0) is 6.42 Å². The average molecular weight is 309 g/mol. The zero-order chi connectivity index (χ0) is 16.4. The molecule has 0 fully saturated rings. The Hall–Kier alpha value is -3.15. The van der Waals surface area contributed by atoms with Gasteiger partial charge in [0, 0.05) is 11.9 Å². The normalized spacial score (nSPS) is 10.7. The fourth-order valence-electron chi connectivity index (χ4n) is 2.42. The number of carboxylic acids is 1. The van der Waals surface area contributed by atoms with Gasteiger partial charge in [0.05, 0.1) is 11.3 Å². The van der Waals surface area contributed by atoms with Gasteiger partial charge in [-0.05, 0) is 42.8 Å². The van der Waals surface area contributed by atoms with E-state index in [2.05, 4.69) is 10.3 Å². The molecule has 0 saturated heterocycles. The van der Waals surface area contributed by atoms with Gasteiger partial charge in [-0.15, -0.1) is 0 Å². The molecule has 2 N–H and O–H groups in total. The first-order valence-electron chi connectivity index (χ1n) is 7.21. The van der Waals surface area contributed by atoms with Crippen molar-refractivity contribution in [2.45, 2.75) is 13.3 Å². The van der Waals surface area contributed by atoms with Crippen LogP contribution in [0.1, 0.15) is 33.5 Å². The van der Waals surface area contributed by atoms with Gasteiger partial charge in [-0.2, -0.15) is 0 Å². The van der Waals surface area contributed by atoms with Gasteiger partial charge >= 0.3 is 5.97 Å². The van der Waals surface area contributed by atoms with Crippen LogP contribution in [0.3, 0.4) is 0 Å². The number of carbonyl (C=O) groups excluding carboxylic acids is 1. The van der Waals surface area contributed by atoms with Crippen molar-refractivity contribution in [3.05, 3.63) is 65.6 Å². The SMILES string of the molecule is CCc1nc2ccccn2c1C(=O)Nc1ccc(C(=O)O)cc1. The summed E-state index contributed by atoms with van der Waals surface area (Å²) in [6.07, 6.45) is 2.44. The standard InChI is InChI=1S/C17H15N3O3/c1-2-13-15(20-10-4-3-5-14(20)19-13)16(21)18-12-8-6-11(7-9-12)17(22)23/h3-10H,2H2,1H3,(H,18,21)(H,22,23). The second-order valence-corrected chi connectivity index (χ2v) is 5.03. The minimum atomic E-state index is -1.00. The third kappa shape index (κ3) is 2.78. The molecule has 0 radical (unpaired) electrons. The number of carboxylic acid groups (broad SMARTS) is 1. The lowest BCUT2D eigenvalue weighted by Gasteiger charge is -2.07. The summed E-state index contributed by atoms with van der Waals surface area (Å²) in [6.45, 7) is 1.94. The molecule has 0 unspecified atom stereocenters. The molecule has 0 atom stereocenters. The molecule has 0 aliphatic carbocycles. The lowest BCUT2D eigenvalue weighted by molar-refractivity contribution is 0.0696. The number of imidazole rings is 1. The van der Waals surface area contributed by atoms with Crippen LogP contribution in [0.2, 0.25) is 0 Å². The van der Waals surface area contributed by atoms with E-state index in [-0.39, 0.29) is 11.5 Å². The van der Waals surface area contributed by atoms with E-state index in [4.69, 9.17) is 5.11 Å². The Bertz CT molecular complexity index is 882. The van der Waals surface area contributed by atoms with Gasteiger partial charge in [-0.25, -0.2) is 9.78 Å². The summed E-state index contributed by atoms with van der Waals surface area (Å²) in [7, 11) is 0. The number of benzene rings is 1. The second-order valence-electron chi connectivity index (χ2n) is 5.03. The molecule has 0 aliphatic heterocycles. The molecule has 6 heteroatoms. The summed E-state index contributed by atoms with van der Waals surface area (Å²) in [5.74, 6) is -1.28. The monoisotopic (exact) mass is 309 g/mol. The predicted octanol–water partition coefficient (Wildman–Crippen LogP) is 2.85. The van der Waals surface area contributed by atoms with Crippen molar-refractivity contribution in [2.75, 3.05) is 5.32 Å². The van der Waals surface area contributed by atoms with E-state index in [9.17, 15) is 9.59 Å². The number of rotatable bonds is 4. The Morgan fingerprint density at radius 1 is 1.17 bits per heavy atom. The maximum atomic E-state index is 12.6. The number of carbonyl (C=O) groups is 2. The van der Waals surface area contributed by atoms with E-state index in [0.29, 0.717) is 17.8 Å². The van der Waals surface area contributed by atoms with Gasteiger partial charge in [-0.1, -0.05) is 13.0 Å². The van der Waals surface area contributed by atoms with Crippen LogP contribution in [-0.4, -0.2) is 26.4 Å². The Morgan fingerprint density at radius 2 is 1.91 bits per heavy atom. The highest BCUT2D eigenvalue weighted by Crippen LogP contribution is 2.16. The first-order valence-corrected chi connectivity index (χ1v) is 7.21. The fraction of sp³-hybridized carbons (Fsp3) is 0.118. The van der Waals surface area contributed by atoms with Crippen molar-refractivity contribution in [1.82, 2.24) is 9.38 Å². The van der Waals surface area contributed by atoms with Crippen LogP contribution >= 0.6 is 0 Å². The number of amides is 1. The lowest BCUT2D eigenvalue weighted by atomic mass is 10.2. The van der Waals surface area contributed by atoms with E-state index in [1.54, 1.807) is 22.7 Å². The van der Waals surface area contributed by atoms with Gasteiger partial charge in [0.15, 0.2) is 0 Å². The molecule has 3 rings (SSSR count). The molecule has 1 aromatic carbocycles. The molecule has 116 valence electrons. The third-order valence-electron chi connectivity index (χ3n) is 3.54. The summed E-state index contributed by atoms with van der Waals surface area (Å²) in [6, 6.07) is 11.6. The van der Waals surface area contributed by atoms with Gasteiger partial charge < -0.3 is 10.4 Å². The van der Waals surface area contributed by atoms with E-state index in [1.807, 2.05) is 25.1 Å². The number of hydrogen-bond donors (Lipinski definition) is 2. The van der Waals surface area contributed by atoms with E-state index >= 15 is 0 Å². The Kier molecular flexibility index (Phi) is 3.80. The number of fused-ring (bicyclic) bond motifs is 1. The molecular weight excluding hydrogens is 294 g/mol. The minimum Gasteiger partial charge on any atom is -0.478 e. The maximum absolute atomic E-state index is 12.6. The zero-order valence-corrected chi connectivity index (χ0v) is 12.5. The summed E-state index contributed by atoms with van der Waals surface area (Å²) < 4.78 is 1.75. The van der Waals surface area contributed by atoms with Crippen LogP contribution < -0.4 is 5.32 Å². The van der Waals surface area contributed by atoms with Gasteiger partial charge in [0.1, 0.15) is 11.3 Å². The molecule has 23 heavy (non-hydrogen) atoms. The second kappa shape index (κ2) is 5.92. The molecule has 0 saturated carbocycles. The molecule has 2 heterocycles. The zero-order valence-electron chi connectivity index (χ0n) is 12.5. The highest BCUT2D eigenvalue weighted by molar-refractivity contribution is 6.04. The smallest absolute Gasteiger partial charge is 0.335 e. The summed E-state index contributed by atoms with van der Waals surface area (Å²) in [5.41, 5.74) is 2.64. The van der Waals surface area contributed by atoms with Crippen molar-refractivity contribution in [3.63, 3.8) is 0 Å². The topological polar surface area (TPSA) is 83.7 Å². The summed E-state index contributed by atoms with van der Waals surface area (Å²) in [5, 5.41) is 11.7. The Balaban J connectivity index is 1.93.